The minimum Gasteiger partial charge on any atom is -0.496 e. The summed E-state index contributed by atoms with van der Waals surface area (Å²) in [5.74, 6) is 2.94. The first-order chi connectivity index (χ1) is 8.79. The van der Waals surface area contributed by atoms with E-state index in [1.807, 2.05) is 30.0 Å². The molecule has 0 fully saturated rings. The largest absolute Gasteiger partial charge is 0.496 e. The third kappa shape index (κ3) is 3.79. The van der Waals surface area contributed by atoms with Crippen LogP contribution in [0.5, 0.6) is 5.75 Å². The van der Waals surface area contributed by atoms with Gasteiger partial charge in [0.1, 0.15) is 5.75 Å². The van der Waals surface area contributed by atoms with E-state index in [1.54, 1.807) is 7.11 Å². The zero-order valence-electron chi connectivity index (χ0n) is 10.2. The molecule has 0 aliphatic rings. The molecule has 0 saturated carbocycles. The topological polar surface area (TPSA) is 9.23 Å². The van der Waals surface area contributed by atoms with Crippen LogP contribution in [0.3, 0.4) is 0 Å². The zero-order chi connectivity index (χ0) is 12.8. The number of halogens is 1. The van der Waals surface area contributed by atoms with E-state index < -0.39 is 0 Å². The molecule has 0 saturated heterocycles. The second-order valence-corrected chi connectivity index (χ2v) is 5.84. The van der Waals surface area contributed by atoms with E-state index in [-0.39, 0.29) is 0 Å². The maximum atomic E-state index is 5.37. The number of benzene rings is 2. The molecule has 0 aromatic heterocycles. The molecule has 18 heavy (non-hydrogen) atoms. The van der Waals surface area contributed by atoms with E-state index >= 15 is 0 Å². The molecule has 3 heteroatoms. The van der Waals surface area contributed by atoms with Gasteiger partial charge in [0.05, 0.1) is 7.11 Å². The quantitative estimate of drug-likeness (QED) is 0.775. The maximum Gasteiger partial charge on any atom is 0.122 e. The number of hydrogen-bond acceptors (Lipinski definition) is 2. The van der Waals surface area contributed by atoms with Crippen molar-refractivity contribution in [3.8, 4) is 5.75 Å². The lowest BCUT2D eigenvalue weighted by Gasteiger charge is -2.08. The van der Waals surface area contributed by atoms with Crippen molar-refractivity contribution in [1.82, 2.24) is 0 Å². The molecule has 2 rings (SSSR count). The van der Waals surface area contributed by atoms with E-state index in [1.165, 1.54) is 11.1 Å². The third-order valence-electron chi connectivity index (χ3n) is 2.61. The minimum absolute atomic E-state index is 0.956. The van der Waals surface area contributed by atoms with Gasteiger partial charge >= 0.3 is 0 Å². The molecule has 1 nitrogen and oxygen atoms in total. The Morgan fingerprint density at radius 3 is 2.56 bits per heavy atom. The van der Waals surface area contributed by atoms with Crippen molar-refractivity contribution in [3.63, 3.8) is 0 Å². The summed E-state index contributed by atoms with van der Waals surface area (Å²) in [5, 5.41) is 0. The highest BCUT2D eigenvalue weighted by atomic mass is 79.9. The molecule has 0 bridgehead atoms. The van der Waals surface area contributed by atoms with Gasteiger partial charge in [0.15, 0.2) is 0 Å². The average molecular weight is 323 g/mol. The summed E-state index contributed by atoms with van der Waals surface area (Å²) in [5.41, 5.74) is 2.59. The zero-order valence-corrected chi connectivity index (χ0v) is 12.6. The van der Waals surface area contributed by atoms with Gasteiger partial charge in [-0.25, -0.2) is 0 Å². The van der Waals surface area contributed by atoms with Crippen molar-refractivity contribution >= 4 is 27.7 Å². The Kier molecular flexibility index (Phi) is 5.14. The number of methoxy groups -OCH3 is 1. The fourth-order valence-electron chi connectivity index (χ4n) is 1.71. The van der Waals surface area contributed by atoms with Crippen LogP contribution in [0.25, 0.3) is 0 Å². The average Bonchev–Trinajstić information content (AvgIpc) is 2.40. The van der Waals surface area contributed by atoms with Crippen LogP contribution >= 0.6 is 27.7 Å². The van der Waals surface area contributed by atoms with Gasteiger partial charge in [-0.15, -0.1) is 0 Å². The van der Waals surface area contributed by atoms with Crippen molar-refractivity contribution in [2.75, 3.05) is 7.11 Å². The first-order valence-corrected chi connectivity index (χ1v) is 7.68. The van der Waals surface area contributed by atoms with Gasteiger partial charge in [0, 0.05) is 21.5 Å². The van der Waals surface area contributed by atoms with Crippen LogP contribution in [0.2, 0.25) is 0 Å². The van der Waals surface area contributed by atoms with E-state index in [0.29, 0.717) is 0 Å². The van der Waals surface area contributed by atoms with Crippen molar-refractivity contribution < 1.29 is 4.74 Å². The van der Waals surface area contributed by atoms with Gasteiger partial charge in [0.2, 0.25) is 0 Å². The van der Waals surface area contributed by atoms with Crippen LogP contribution < -0.4 is 4.74 Å². The Bertz CT molecular complexity index is 499. The molecule has 0 unspecified atom stereocenters. The molecule has 0 amide bonds. The predicted molar refractivity (Wildman–Crippen MR) is 82.1 cm³/mol. The summed E-state index contributed by atoms with van der Waals surface area (Å²) in [6.45, 7) is 0. The molecule has 0 aliphatic heterocycles. The molecule has 0 heterocycles. The first kappa shape index (κ1) is 13.5. The Hall–Kier alpha value is -0.930. The molecule has 0 aliphatic carbocycles. The molecule has 94 valence electrons. The molecule has 2 aromatic carbocycles. The van der Waals surface area contributed by atoms with Crippen LogP contribution in [0.4, 0.5) is 0 Å². The standard InChI is InChI=1S/C15H15BrOS/c1-17-15-8-7-14(16)9-13(15)11-18-10-12-5-3-2-4-6-12/h2-9H,10-11H2,1H3. The van der Waals surface area contributed by atoms with Gasteiger partial charge in [-0.05, 0) is 23.8 Å². The van der Waals surface area contributed by atoms with Gasteiger partial charge in [-0.1, -0.05) is 46.3 Å². The monoisotopic (exact) mass is 322 g/mol. The summed E-state index contributed by atoms with van der Waals surface area (Å²) in [6.07, 6.45) is 0. The van der Waals surface area contributed by atoms with E-state index in [2.05, 4.69) is 46.3 Å². The highest BCUT2D eigenvalue weighted by Crippen LogP contribution is 2.27. The van der Waals surface area contributed by atoms with Crippen LogP contribution in [-0.2, 0) is 11.5 Å². The van der Waals surface area contributed by atoms with Gasteiger partial charge in [-0.3, -0.25) is 0 Å². The van der Waals surface area contributed by atoms with E-state index in [9.17, 15) is 0 Å². The van der Waals surface area contributed by atoms with Crippen molar-refractivity contribution in [3.05, 3.63) is 64.1 Å². The third-order valence-corrected chi connectivity index (χ3v) is 4.16. The molecule has 0 atom stereocenters. The van der Waals surface area contributed by atoms with Crippen molar-refractivity contribution in [1.29, 1.82) is 0 Å². The maximum absolute atomic E-state index is 5.37. The van der Waals surface area contributed by atoms with Gasteiger partial charge < -0.3 is 4.74 Å². The summed E-state index contributed by atoms with van der Waals surface area (Å²) in [4.78, 5) is 0. The first-order valence-electron chi connectivity index (χ1n) is 5.73. The molecule has 0 radical (unpaired) electrons. The number of thioether (sulfide) groups is 1. The van der Waals surface area contributed by atoms with Crippen LogP contribution in [0, 0.1) is 0 Å². The lowest BCUT2D eigenvalue weighted by Crippen LogP contribution is -1.91. The van der Waals surface area contributed by atoms with Crippen LogP contribution in [0.15, 0.2) is 53.0 Å². The molecule has 2 aromatic rings. The lowest BCUT2D eigenvalue weighted by molar-refractivity contribution is 0.411. The number of hydrogen-bond donors (Lipinski definition) is 0. The highest BCUT2D eigenvalue weighted by Gasteiger charge is 2.04. The van der Waals surface area contributed by atoms with Crippen LogP contribution in [0.1, 0.15) is 11.1 Å². The van der Waals surface area contributed by atoms with E-state index in [0.717, 1.165) is 21.7 Å². The van der Waals surface area contributed by atoms with Crippen molar-refractivity contribution in [2.45, 2.75) is 11.5 Å². The lowest BCUT2D eigenvalue weighted by atomic mass is 10.2. The minimum atomic E-state index is 0.956. The Morgan fingerprint density at radius 2 is 1.83 bits per heavy atom. The summed E-state index contributed by atoms with van der Waals surface area (Å²) in [7, 11) is 1.72. The predicted octanol–water partition coefficient (Wildman–Crippen LogP) is 4.89. The van der Waals surface area contributed by atoms with Crippen LogP contribution in [-0.4, -0.2) is 7.11 Å². The summed E-state index contributed by atoms with van der Waals surface area (Å²) >= 11 is 5.39. The Labute approximate surface area is 121 Å². The van der Waals surface area contributed by atoms with Crippen molar-refractivity contribution in [2.24, 2.45) is 0 Å². The fourth-order valence-corrected chi connectivity index (χ4v) is 3.10. The summed E-state index contributed by atoms with van der Waals surface area (Å²) in [6, 6.07) is 16.6. The molecular formula is C15H15BrOS. The second-order valence-electron chi connectivity index (χ2n) is 3.93. The normalized spacial score (nSPS) is 10.3. The smallest absolute Gasteiger partial charge is 0.122 e. The van der Waals surface area contributed by atoms with E-state index in [4.69, 9.17) is 4.74 Å². The molecule has 0 spiro atoms. The second kappa shape index (κ2) is 6.86. The fraction of sp³-hybridized carbons (Fsp3) is 0.200. The van der Waals surface area contributed by atoms with Gasteiger partial charge in [-0.2, -0.15) is 11.8 Å². The SMILES string of the molecule is COc1ccc(Br)cc1CSCc1ccccc1. The van der Waals surface area contributed by atoms with Gasteiger partial charge in [0.25, 0.3) is 0 Å². The molecular weight excluding hydrogens is 308 g/mol. The Balaban J connectivity index is 1.96. The number of ether oxygens (including phenoxy) is 1. The Morgan fingerprint density at radius 1 is 1.06 bits per heavy atom. The molecule has 0 N–H and O–H groups in total. The highest BCUT2D eigenvalue weighted by molar-refractivity contribution is 9.10. The summed E-state index contributed by atoms with van der Waals surface area (Å²) < 4.78 is 6.46. The number of rotatable bonds is 5.